The number of anilines is 1. The van der Waals surface area contributed by atoms with Gasteiger partial charge in [0.1, 0.15) is 12.4 Å². The van der Waals surface area contributed by atoms with Gasteiger partial charge in [-0.3, -0.25) is 14.9 Å². The highest BCUT2D eigenvalue weighted by molar-refractivity contribution is 5.75. The molecule has 6 nitrogen and oxygen atoms in total. The van der Waals surface area contributed by atoms with Gasteiger partial charge in [-0.2, -0.15) is 5.10 Å². The largest absolute Gasteiger partial charge is 0.382 e. The van der Waals surface area contributed by atoms with Crippen LogP contribution in [0.15, 0.2) is 12.3 Å². The standard InChI is InChI=1S/C12H21N5O/c1-9-4-3-5-10(2)17(9)15-12(18)8-16-7-6-11(13)14-16/h6-7,9-10H,3-5,8H2,1-2H3,(H2,13,14)(H,15,18). The highest BCUT2D eigenvalue weighted by atomic mass is 16.2. The van der Waals surface area contributed by atoms with E-state index in [2.05, 4.69) is 29.4 Å². The van der Waals surface area contributed by atoms with Crippen LogP contribution in [-0.4, -0.2) is 32.8 Å². The zero-order chi connectivity index (χ0) is 13.1. The molecule has 1 fully saturated rings. The average Bonchev–Trinajstić information content (AvgIpc) is 2.69. The minimum absolute atomic E-state index is 0.0568. The number of hydrogen-bond acceptors (Lipinski definition) is 4. The molecule has 1 saturated heterocycles. The summed E-state index contributed by atoms with van der Waals surface area (Å²) in [6.45, 7) is 4.48. The molecular formula is C12H21N5O. The van der Waals surface area contributed by atoms with Gasteiger partial charge >= 0.3 is 0 Å². The number of rotatable bonds is 3. The van der Waals surface area contributed by atoms with Crippen LogP contribution in [0.1, 0.15) is 33.1 Å². The van der Waals surface area contributed by atoms with E-state index in [1.54, 1.807) is 16.9 Å². The van der Waals surface area contributed by atoms with E-state index in [0.717, 1.165) is 12.8 Å². The van der Waals surface area contributed by atoms with Crippen LogP contribution in [-0.2, 0) is 11.3 Å². The predicted molar refractivity (Wildman–Crippen MR) is 69.4 cm³/mol. The minimum Gasteiger partial charge on any atom is -0.382 e. The fraction of sp³-hybridized carbons (Fsp3) is 0.667. The maximum atomic E-state index is 11.9. The summed E-state index contributed by atoms with van der Waals surface area (Å²) in [6.07, 6.45) is 5.18. The number of carbonyl (C=O) groups is 1. The molecule has 0 saturated carbocycles. The molecular weight excluding hydrogens is 230 g/mol. The van der Waals surface area contributed by atoms with Gasteiger partial charge in [0.25, 0.3) is 5.91 Å². The van der Waals surface area contributed by atoms with Crippen LogP contribution in [0, 0.1) is 0 Å². The summed E-state index contributed by atoms with van der Waals surface area (Å²) in [5.41, 5.74) is 8.48. The molecule has 1 aliphatic heterocycles. The van der Waals surface area contributed by atoms with E-state index in [0.29, 0.717) is 17.9 Å². The number of hydrogen-bond donors (Lipinski definition) is 2. The summed E-state index contributed by atoms with van der Waals surface area (Å²) >= 11 is 0. The monoisotopic (exact) mass is 251 g/mol. The predicted octanol–water partition coefficient (Wildman–Crippen LogP) is 0.759. The number of hydrazine groups is 1. The van der Waals surface area contributed by atoms with Crippen LogP contribution in [0.25, 0.3) is 0 Å². The van der Waals surface area contributed by atoms with Crippen LogP contribution < -0.4 is 11.2 Å². The Bertz CT molecular complexity index is 406. The molecule has 0 spiro atoms. The van der Waals surface area contributed by atoms with Crippen molar-refractivity contribution in [1.29, 1.82) is 0 Å². The first-order chi connectivity index (χ1) is 8.56. The lowest BCUT2D eigenvalue weighted by molar-refractivity contribution is -0.130. The molecule has 6 heteroatoms. The van der Waals surface area contributed by atoms with Crippen molar-refractivity contribution in [2.24, 2.45) is 0 Å². The van der Waals surface area contributed by atoms with E-state index in [9.17, 15) is 4.79 Å². The fourth-order valence-electron chi connectivity index (χ4n) is 2.43. The second-order valence-corrected chi connectivity index (χ2v) is 5.01. The Hall–Kier alpha value is -1.56. The van der Waals surface area contributed by atoms with E-state index < -0.39 is 0 Å². The Labute approximate surface area is 107 Å². The zero-order valence-corrected chi connectivity index (χ0v) is 11.0. The van der Waals surface area contributed by atoms with Crippen molar-refractivity contribution >= 4 is 11.7 Å². The van der Waals surface area contributed by atoms with Crippen LogP contribution in [0.4, 0.5) is 5.82 Å². The summed E-state index contributed by atoms with van der Waals surface area (Å²) < 4.78 is 1.55. The molecule has 3 N–H and O–H groups in total. The highest BCUT2D eigenvalue weighted by Crippen LogP contribution is 2.20. The molecule has 1 amide bonds. The van der Waals surface area contributed by atoms with Crippen LogP contribution in [0.3, 0.4) is 0 Å². The summed E-state index contributed by atoms with van der Waals surface area (Å²) in [6, 6.07) is 2.46. The maximum Gasteiger partial charge on any atom is 0.256 e. The molecule has 0 aliphatic carbocycles. The third kappa shape index (κ3) is 3.01. The van der Waals surface area contributed by atoms with Crippen molar-refractivity contribution in [3.05, 3.63) is 12.3 Å². The molecule has 1 aliphatic rings. The summed E-state index contributed by atoms with van der Waals surface area (Å²) in [5.74, 6) is 0.376. The first-order valence-corrected chi connectivity index (χ1v) is 6.43. The van der Waals surface area contributed by atoms with Crippen molar-refractivity contribution < 1.29 is 4.79 Å². The SMILES string of the molecule is CC1CCCC(C)N1NC(=O)Cn1ccc(N)n1. The van der Waals surface area contributed by atoms with Gasteiger partial charge < -0.3 is 5.73 Å². The summed E-state index contributed by atoms with van der Waals surface area (Å²) in [5, 5.41) is 6.05. The molecule has 1 aromatic rings. The van der Waals surface area contributed by atoms with Crippen LogP contribution in [0.2, 0.25) is 0 Å². The fourth-order valence-corrected chi connectivity index (χ4v) is 2.43. The molecule has 2 unspecified atom stereocenters. The first kappa shape index (κ1) is 12.9. The summed E-state index contributed by atoms with van der Waals surface area (Å²) in [7, 11) is 0. The average molecular weight is 251 g/mol. The molecule has 0 aromatic carbocycles. The number of carbonyl (C=O) groups excluding carboxylic acids is 1. The third-order valence-electron chi connectivity index (χ3n) is 3.41. The Kier molecular flexibility index (Phi) is 3.86. The number of nitrogens with two attached hydrogens (primary N) is 1. The Morgan fingerprint density at radius 3 is 2.72 bits per heavy atom. The molecule has 2 heterocycles. The highest BCUT2D eigenvalue weighted by Gasteiger charge is 2.25. The van der Waals surface area contributed by atoms with Crippen molar-refractivity contribution in [3.63, 3.8) is 0 Å². The number of nitrogen functional groups attached to an aromatic ring is 1. The molecule has 1 aromatic heterocycles. The second-order valence-electron chi connectivity index (χ2n) is 5.01. The maximum absolute atomic E-state index is 11.9. The smallest absolute Gasteiger partial charge is 0.256 e. The van der Waals surface area contributed by atoms with E-state index in [1.165, 1.54) is 6.42 Å². The lowest BCUT2D eigenvalue weighted by Gasteiger charge is -2.38. The van der Waals surface area contributed by atoms with Crippen LogP contribution in [0.5, 0.6) is 0 Å². The first-order valence-electron chi connectivity index (χ1n) is 6.43. The second kappa shape index (κ2) is 5.39. The molecule has 2 rings (SSSR count). The quantitative estimate of drug-likeness (QED) is 0.831. The Morgan fingerprint density at radius 1 is 1.50 bits per heavy atom. The third-order valence-corrected chi connectivity index (χ3v) is 3.41. The number of aromatic nitrogens is 2. The molecule has 2 atom stereocenters. The van der Waals surface area contributed by atoms with Gasteiger partial charge in [-0.25, -0.2) is 5.01 Å². The van der Waals surface area contributed by atoms with Gasteiger partial charge in [0.05, 0.1) is 0 Å². The Morgan fingerprint density at radius 2 is 2.17 bits per heavy atom. The number of piperidine rings is 1. The topological polar surface area (TPSA) is 76.2 Å². The normalized spacial score (nSPS) is 25.0. The number of nitrogens with one attached hydrogen (secondary N) is 1. The van der Waals surface area contributed by atoms with E-state index in [1.807, 2.05) is 0 Å². The van der Waals surface area contributed by atoms with Gasteiger partial charge in [0, 0.05) is 18.3 Å². The van der Waals surface area contributed by atoms with Gasteiger partial charge in [-0.15, -0.1) is 0 Å². The lowest BCUT2D eigenvalue weighted by Crippen LogP contribution is -2.54. The van der Waals surface area contributed by atoms with E-state index >= 15 is 0 Å². The molecule has 0 radical (unpaired) electrons. The minimum atomic E-state index is -0.0568. The van der Waals surface area contributed by atoms with Crippen molar-refractivity contribution in [1.82, 2.24) is 20.2 Å². The van der Waals surface area contributed by atoms with Gasteiger partial charge in [-0.1, -0.05) is 6.42 Å². The number of nitrogens with zero attached hydrogens (tertiary/aromatic N) is 3. The van der Waals surface area contributed by atoms with E-state index in [4.69, 9.17) is 5.73 Å². The van der Waals surface area contributed by atoms with Gasteiger partial charge in [0.2, 0.25) is 0 Å². The zero-order valence-electron chi connectivity index (χ0n) is 11.0. The van der Waals surface area contributed by atoms with Crippen molar-refractivity contribution in [2.45, 2.75) is 51.7 Å². The van der Waals surface area contributed by atoms with Crippen molar-refractivity contribution in [3.8, 4) is 0 Å². The number of amides is 1. The van der Waals surface area contributed by atoms with Gasteiger partial charge in [0.15, 0.2) is 0 Å². The van der Waals surface area contributed by atoms with E-state index in [-0.39, 0.29) is 12.5 Å². The molecule has 100 valence electrons. The lowest BCUT2D eigenvalue weighted by atomic mass is 10.00. The Balaban J connectivity index is 1.90. The summed E-state index contributed by atoms with van der Waals surface area (Å²) in [4.78, 5) is 11.9. The molecule has 0 bridgehead atoms. The van der Waals surface area contributed by atoms with Crippen molar-refractivity contribution in [2.75, 3.05) is 5.73 Å². The molecule has 18 heavy (non-hydrogen) atoms. The van der Waals surface area contributed by atoms with Crippen LogP contribution >= 0.6 is 0 Å². The van der Waals surface area contributed by atoms with Gasteiger partial charge in [-0.05, 0) is 32.8 Å².